The van der Waals surface area contributed by atoms with Gasteiger partial charge in [-0.3, -0.25) is 4.79 Å². The first-order chi connectivity index (χ1) is 10.2. The maximum absolute atomic E-state index is 12.4. The molecule has 4 N–H and O–H groups in total. The van der Waals surface area contributed by atoms with E-state index in [9.17, 15) is 4.79 Å². The Morgan fingerprint density at radius 2 is 2.24 bits per heavy atom. The van der Waals surface area contributed by atoms with Gasteiger partial charge in [0, 0.05) is 27.7 Å². The molecule has 5 heteroatoms. The zero-order valence-corrected chi connectivity index (χ0v) is 12.6. The van der Waals surface area contributed by atoms with Crippen LogP contribution in [0.1, 0.15) is 27.7 Å². The van der Waals surface area contributed by atoms with E-state index in [2.05, 4.69) is 28.7 Å². The number of fused-ring (bicyclic) bond motifs is 1. The highest BCUT2D eigenvalue weighted by atomic mass is 32.1. The smallest absolute Gasteiger partial charge is 0.253 e. The fourth-order valence-electron chi connectivity index (χ4n) is 2.42. The molecule has 0 bridgehead atoms. The molecule has 1 amide bonds. The first kappa shape index (κ1) is 13.7. The Hall–Kier alpha value is -2.27. The molecule has 21 heavy (non-hydrogen) atoms. The summed E-state index contributed by atoms with van der Waals surface area (Å²) in [5.41, 5.74) is 9.30. The van der Waals surface area contributed by atoms with E-state index in [4.69, 9.17) is 5.73 Å². The van der Waals surface area contributed by atoms with Gasteiger partial charge in [-0.2, -0.15) is 0 Å². The Kier molecular flexibility index (Phi) is 3.66. The van der Waals surface area contributed by atoms with Crippen molar-refractivity contribution in [2.24, 2.45) is 0 Å². The molecule has 1 aromatic carbocycles. The third kappa shape index (κ3) is 2.64. The fourth-order valence-corrected chi connectivity index (χ4v) is 3.33. The largest absolute Gasteiger partial charge is 0.399 e. The van der Waals surface area contributed by atoms with Crippen molar-refractivity contribution in [2.45, 2.75) is 19.9 Å². The van der Waals surface area contributed by atoms with Crippen LogP contribution in [0.15, 0.2) is 35.8 Å². The molecule has 0 saturated carbocycles. The normalized spacial score (nSPS) is 10.9. The number of amides is 1. The molecule has 3 aromatic rings. The van der Waals surface area contributed by atoms with Gasteiger partial charge in [0.2, 0.25) is 0 Å². The van der Waals surface area contributed by atoms with Gasteiger partial charge in [-0.15, -0.1) is 11.3 Å². The molecule has 4 nitrogen and oxygen atoms in total. The summed E-state index contributed by atoms with van der Waals surface area (Å²) in [7, 11) is 0. The summed E-state index contributed by atoms with van der Waals surface area (Å²) < 4.78 is 0. The molecule has 0 aliphatic carbocycles. The van der Waals surface area contributed by atoms with E-state index in [-0.39, 0.29) is 5.91 Å². The van der Waals surface area contributed by atoms with E-state index in [1.54, 1.807) is 17.5 Å². The third-order valence-corrected chi connectivity index (χ3v) is 4.54. The predicted molar refractivity (Wildman–Crippen MR) is 87.6 cm³/mol. The average Bonchev–Trinajstić information content (AvgIpc) is 3.10. The van der Waals surface area contributed by atoms with Crippen LogP contribution in [0, 0.1) is 0 Å². The Bertz CT molecular complexity index is 788. The standard InChI is InChI=1S/C16H17N3OS/c1-2-10-5-6-21-15(10)9-19-16(20)13-8-18-14-4-3-11(17)7-12(13)14/h3-8,18H,2,9,17H2,1H3,(H,19,20). The van der Waals surface area contributed by atoms with Crippen LogP contribution in [0.3, 0.4) is 0 Å². The van der Waals surface area contributed by atoms with E-state index in [1.807, 2.05) is 18.2 Å². The highest BCUT2D eigenvalue weighted by Gasteiger charge is 2.12. The number of rotatable bonds is 4. The highest BCUT2D eigenvalue weighted by Crippen LogP contribution is 2.21. The van der Waals surface area contributed by atoms with E-state index in [1.165, 1.54) is 10.4 Å². The molecule has 2 aromatic heterocycles. The van der Waals surface area contributed by atoms with Gasteiger partial charge in [0.25, 0.3) is 5.91 Å². The Morgan fingerprint density at radius 3 is 3.05 bits per heavy atom. The van der Waals surface area contributed by atoms with Crippen molar-refractivity contribution >= 4 is 33.8 Å². The van der Waals surface area contributed by atoms with E-state index in [0.29, 0.717) is 17.8 Å². The monoisotopic (exact) mass is 299 g/mol. The van der Waals surface area contributed by atoms with Crippen molar-refractivity contribution in [3.8, 4) is 0 Å². The molecule has 3 rings (SSSR count). The lowest BCUT2D eigenvalue weighted by molar-refractivity contribution is 0.0953. The Labute approximate surface area is 127 Å². The van der Waals surface area contributed by atoms with Crippen molar-refractivity contribution < 1.29 is 4.79 Å². The number of hydrogen-bond acceptors (Lipinski definition) is 3. The lowest BCUT2D eigenvalue weighted by atomic mass is 10.1. The molecular formula is C16H17N3OS. The Morgan fingerprint density at radius 1 is 1.38 bits per heavy atom. The summed E-state index contributed by atoms with van der Waals surface area (Å²) in [6.45, 7) is 2.68. The minimum Gasteiger partial charge on any atom is -0.399 e. The second-order valence-electron chi connectivity index (χ2n) is 4.91. The SMILES string of the molecule is CCc1ccsc1CNC(=O)c1c[nH]c2ccc(N)cc12. The number of carbonyl (C=O) groups excluding carboxylic acids is 1. The van der Waals surface area contributed by atoms with Gasteiger partial charge in [-0.25, -0.2) is 0 Å². The second kappa shape index (κ2) is 5.61. The van der Waals surface area contributed by atoms with Crippen molar-refractivity contribution in [1.82, 2.24) is 10.3 Å². The zero-order valence-electron chi connectivity index (χ0n) is 11.8. The maximum atomic E-state index is 12.4. The average molecular weight is 299 g/mol. The van der Waals surface area contributed by atoms with Crippen molar-refractivity contribution in [3.63, 3.8) is 0 Å². The number of benzene rings is 1. The number of carbonyl (C=O) groups is 1. The molecule has 0 saturated heterocycles. The topological polar surface area (TPSA) is 70.9 Å². The summed E-state index contributed by atoms with van der Waals surface area (Å²) in [5, 5.41) is 5.90. The van der Waals surface area contributed by atoms with Crippen molar-refractivity contribution in [3.05, 3.63) is 51.8 Å². The molecule has 0 aliphatic heterocycles. The molecule has 0 fully saturated rings. The first-order valence-corrected chi connectivity index (χ1v) is 7.77. The van der Waals surface area contributed by atoms with Gasteiger partial charge in [-0.05, 0) is 41.6 Å². The Balaban J connectivity index is 1.79. The van der Waals surface area contributed by atoms with Crippen LogP contribution in [0.2, 0.25) is 0 Å². The van der Waals surface area contributed by atoms with Crippen LogP contribution >= 0.6 is 11.3 Å². The molecule has 108 valence electrons. The van der Waals surface area contributed by atoms with Gasteiger partial charge in [0.05, 0.1) is 12.1 Å². The summed E-state index contributed by atoms with van der Waals surface area (Å²) in [5.74, 6) is -0.0812. The molecule has 0 spiro atoms. The zero-order chi connectivity index (χ0) is 14.8. The number of hydrogen-bond donors (Lipinski definition) is 3. The van der Waals surface area contributed by atoms with Crippen molar-refractivity contribution in [1.29, 1.82) is 0 Å². The first-order valence-electron chi connectivity index (χ1n) is 6.89. The molecule has 2 heterocycles. The number of H-pyrrole nitrogens is 1. The second-order valence-corrected chi connectivity index (χ2v) is 5.91. The maximum Gasteiger partial charge on any atom is 0.253 e. The van der Waals surface area contributed by atoms with E-state index in [0.717, 1.165) is 17.3 Å². The minimum atomic E-state index is -0.0812. The van der Waals surface area contributed by atoms with Crippen LogP contribution in [0.4, 0.5) is 5.69 Å². The number of aromatic nitrogens is 1. The van der Waals surface area contributed by atoms with Crippen molar-refractivity contribution in [2.75, 3.05) is 5.73 Å². The van der Waals surface area contributed by atoms with E-state index < -0.39 is 0 Å². The van der Waals surface area contributed by atoms with E-state index >= 15 is 0 Å². The summed E-state index contributed by atoms with van der Waals surface area (Å²) in [6, 6.07) is 7.64. The van der Waals surface area contributed by atoms with Crippen LogP contribution in [0.5, 0.6) is 0 Å². The molecular weight excluding hydrogens is 282 g/mol. The summed E-state index contributed by atoms with van der Waals surface area (Å²) in [6.07, 6.45) is 2.72. The number of thiophene rings is 1. The van der Waals surface area contributed by atoms with Gasteiger partial charge in [-0.1, -0.05) is 6.92 Å². The number of aryl methyl sites for hydroxylation is 1. The molecule has 0 atom stereocenters. The van der Waals surface area contributed by atoms with Gasteiger partial charge in [0.15, 0.2) is 0 Å². The minimum absolute atomic E-state index is 0.0812. The molecule has 0 unspecified atom stereocenters. The molecule has 0 aliphatic rings. The summed E-state index contributed by atoms with van der Waals surface area (Å²) >= 11 is 1.68. The number of aromatic amines is 1. The summed E-state index contributed by atoms with van der Waals surface area (Å²) in [4.78, 5) is 16.7. The van der Waals surface area contributed by atoms with Crippen LogP contribution < -0.4 is 11.1 Å². The number of nitrogens with one attached hydrogen (secondary N) is 2. The highest BCUT2D eigenvalue weighted by molar-refractivity contribution is 7.10. The lowest BCUT2D eigenvalue weighted by Gasteiger charge is -2.05. The molecule has 0 radical (unpaired) electrons. The fraction of sp³-hybridized carbons (Fsp3) is 0.188. The van der Waals surface area contributed by atoms with Gasteiger partial charge < -0.3 is 16.0 Å². The number of anilines is 1. The number of nitrogens with two attached hydrogens (primary N) is 1. The lowest BCUT2D eigenvalue weighted by Crippen LogP contribution is -2.22. The van der Waals surface area contributed by atoms with Crippen LogP contribution in [0.25, 0.3) is 10.9 Å². The van der Waals surface area contributed by atoms with Gasteiger partial charge >= 0.3 is 0 Å². The van der Waals surface area contributed by atoms with Crippen LogP contribution in [-0.2, 0) is 13.0 Å². The number of nitrogen functional groups attached to an aromatic ring is 1. The van der Waals surface area contributed by atoms with Gasteiger partial charge in [0.1, 0.15) is 0 Å². The third-order valence-electron chi connectivity index (χ3n) is 3.58. The van der Waals surface area contributed by atoms with Crippen LogP contribution in [-0.4, -0.2) is 10.9 Å². The predicted octanol–water partition coefficient (Wildman–Crippen LogP) is 3.30. The quantitative estimate of drug-likeness (QED) is 0.647.